The van der Waals surface area contributed by atoms with Crippen LogP contribution in [0.1, 0.15) is 24.6 Å². The molecule has 0 saturated carbocycles. The Bertz CT molecular complexity index is 403. The number of thioether (sulfide) groups is 1. The molecule has 0 saturated heterocycles. The van der Waals surface area contributed by atoms with Gasteiger partial charge in [-0.15, -0.1) is 0 Å². The molecule has 1 aliphatic heterocycles. The fourth-order valence-corrected chi connectivity index (χ4v) is 2.68. The quantitative estimate of drug-likeness (QED) is 0.789. The molecule has 80 valence electrons. The van der Waals surface area contributed by atoms with Crippen LogP contribution in [0.25, 0.3) is 0 Å². The lowest BCUT2D eigenvalue weighted by Gasteiger charge is -2.28. The zero-order valence-electron chi connectivity index (χ0n) is 9.03. The molecular weight excluding hydrogens is 206 g/mol. The highest BCUT2D eigenvalue weighted by atomic mass is 32.2. The number of pyridine rings is 1. The predicted molar refractivity (Wildman–Crippen MR) is 65.0 cm³/mol. The minimum absolute atomic E-state index is 0.235. The molecule has 2 N–H and O–H groups in total. The Labute approximate surface area is 94.2 Å². The molecule has 15 heavy (non-hydrogen) atoms. The second-order valence-corrected chi connectivity index (χ2v) is 5.16. The second-order valence-electron chi connectivity index (χ2n) is 4.04. The lowest BCUT2D eigenvalue weighted by Crippen LogP contribution is -2.29. The fourth-order valence-electron chi connectivity index (χ4n) is 1.70. The Morgan fingerprint density at radius 1 is 1.53 bits per heavy atom. The van der Waals surface area contributed by atoms with Crippen LogP contribution in [0.5, 0.6) is 0 Å². The van der Waals surface area contributed by atoms with Gasteiger partial charge in [-0.2, -0.15) is 0 Å². The molecule has 0 amide bonds. The summed E-state index contributed by atoms with van der Waals surface area (Å²) in [4.78, 5) is 8.92. The Hall–Kier alpha value is -1.03. The van der Waals surface area contributed by atoms with Gasteiger partial charge in [-0.25, -0.2) is 4.99 Å². The van der Waals surface area contributed by atoms with Gasteiger partial charge in [0.15, 0.2) is 5.17 Å². The highest BCUT2D eigenvalue weighted by Gasteiger charge is 2.30. The molecule has 0 aliphatic carbocycles. The van der Waals surface area contributed by atoms with Crippen molar-refractivity contribution < 1.29 is 0 Å². The van der Waals surface area contributed by atoms with E-state index < -0.39 is 0 Å². The highest BCUT2D eigenvalue weighted by molar-refractivity contribution is 8.13. The van der Waals surface area contributed by atoms with Crippen LogP contribution < -0.4 is 5.73 Å². The summed E-state index contributed by atoms with van der Waals surface area (Å²) in [5.74, 6) is 1.02. The normalized spacial score (nSPS) is 26.1. The van der Waals surface area contributed by atoms with Crippen molar-refractivity contribution >= 4 is 16.9 Å². The van der Waals surface area contributed by atoms with Crippen molar-refractivity contribution in [2.24, 2.45) is 10.7 Å². The Balaban J connectivity index is 2.41. The van der Waals surface area contributed by atoms with Gasteiger partial charge in [-0.05, 0) is 38.0 Å². The second kappa shape index (κ2) is 3.85. The third-order valence-corrected chi connectivity index (χ3v) is 3.46. The van der Waals surface area contributed by atoms with E-state index in [1.807, 2.05) is 12.3 Å². The van der Waals surface area contributed by atoms with Crippen LogP contribution in [-0.4, -0.2) is 15.9 Å². The van der Waals surface area contributed by atoms with Crippen LogP contribution >= 0.6 is 11.8 Å². The van der Waals surface area contributed by atoms with Gasteiger partial charge in [0.1, 0.15) is 5.54 Å². The number of aliphatic imine (C=N–C) groups is 1. The summed E-state index contributed by atoms with van der Waals surface area (Å²) in [6.07, 6.45) is 2.83. The Morgan fingerprint density at radius 3 is 3.00 bits per heavy atom. The van der Waals surface area contributed by atoms with E-state index in [0.717, 1.165) is 17.9 Å². The van der Waals surface area contributed by atoms with Crippen molar-refractivity contribution in [1.29, 1.82) is 0 Å². The predicted octanol–water partition coefficient (Wildman–Crippen LogP) is 2.06. The minimum atomic E-state index is -0.235. The monoisotopic (exact) mass is 221 g/mol. The third-order valence-electron chi connectivity index (χ3n) is 2.66. The first-order valence-corrected chi connectivity index (χ1v) is 6.00. The van der Waals surface area contributed by atoms with Gasteiger partial charge < -0.3 is 5.73 Å². The number of hydrogen-bond acceptors (Lipinski definition) is 4. The average molecular weight is 221 g/mol. The molecule has 1 aromatic rings. The summed E-state index contributed by atoms with van der Waals surface area (Å²) in [6.45, 7) is 4.17. The maximum Gasteiger partial charge on any atom is 0.154 e. The van der Waals surface area contributed by atoms with Gasteiger partial charge in [-0.3, -0.25) is 4.98 Å². The average Bonchev–Trinajstić information content (AvgIpc) is 2.17. The molecule has 0 spiro atoms. The van der Waals surface area contributed by atoms with E-state index in [4.69, 9.17) is 5.73 Å². The Kier molecular flexibility index (Phi) is 2.69. The van der Waals surface area contributed by atoms with Crippen molar-refractivity contribution in [3.05, 3.63) is 29.6 Å². The van der Waals surface area contributed by atoms with Crippen molar-refractivity contribution in [3.8, 4) is 0 Å². The maximum atomic E-state index is 5.77. The Morgan fingerprint density at radius 2 is 2.33 bits per heavy atom. The largest absolute Gasteiger partial charge is 0.379 e. The van der Waals surface area contributed by atoms with E-state index in [0.29, 0.717) is 5.17 Å². The van der Waals surface area contributed by atoms with Crippen molar-refractivity contribution in [3.63, 3.8) is 0 Å². The first kappa shape index (κ1) is 10.5. The molecule has 0 aromatic carbocycles. The van der Waals surface area contributed by atoms with Crippen LogP contribution in [0.4, 0.5) is 0 Å². The van der Waals surface area contributed by atoms with Gasteiger partial charge in [0.2, 0.25) is 0 Å². The zero-order valence-corrected chi connectivity index (χ0v) is 9.84. The van der Waals surface area contributed by atoms with Crippen LogP contribution in [0, 0.1) is 6.92 Å². The van der Waals surface area contributed by atoms with E-state index in [-0.39, 0.29) is 5.54 Å². The van der Waals surface area contributed by atoms with Gasteiger partial charge in [0.25, 0.3) is 0 Å². The first-order valence-electron chi connectivity index (χ1n) is 5.01. The number of nitrogens with zero attached hydrogens (tertiary/aromatic N) is 2. The topological polar surface area (TPSA) is 51.3 Å². The lowest BCUT2D eigenvalue weighted by atomic mass is 9.94. The highest BCUT2D eigenvalue weighted by Crippen LogP contribution is 2.33. The molecule has 0 bridgehead atoms. The molecule has 0 radical (unpaired) electrons. The summed E-state index contributed by atoms with van der Waals surface area (Å²) in [5, 5.41) is 0.673. The van der Waals surface area contributed by atoms with Gasteiger partial charge in [0, 0.05) is 11.9 Å². The first-order chi connectivity index (χ1) is 7.10. The number of nitrogens with two attached hydrogens (primary N) is 1. The summed E-state index contributed by atoms with van der Waals surface area (Å²) >= 11 is 1.62. The summed E-state index contributed by atoms with van der Waals surface area (Å²) < 4.78 is 0. The van der Waals surface area contributed by atoms with E-state index in [2.05, 4.69) is 29.9 Å². The molecule has 3 nitrogen and oxygen atoms in total. The molecular formula is C11H15N3S. The fraction of sp³-hybridized carbons (Fsp3) is 0.455. The molecule has 0 unspecified atom stereocenters. The number of aryl methyl sites for hydroxylation is 1. The van der Waals surface area contributed by atoms with E-state index >= 15 is 0 Å². The van der Waals surface area contributed by atoms with E-state index in [1.165, 1.54) is 5.56 Å². The number of hydrogen-bond donors (Lipinski definition) is 1. The van der Waals surface area contributed by atoms with Crippen molar-refractivity contribution in [2.45, 2.75) is 25.8 Å². The van der Waals surface area contributed by atoms with Crippen LogP contribution in [0.15, 0.2) is 23.3 Å². The van der Waals surface area contributed by atoms with Crippen molar-refractivity contribution in [1.82, 2.24) is 4.98 Å². The molecule has 2 heterocycles. The SMILES string of the molecule is Cc1ccnc([C@]2(C)CCSC(N)=N2)c1. The third kappa shape index (κ3) is 2.15. The van der Waals surface area contributed by atoms with E-state index in [9.17, 15) is 0 Å². The smallest absolute Gasteiger partial charge is 0.154 e. The van der Waals surface area contributed by atoms with Crippen LogP contribution in [0.3, 0.4) is 0 Å². The van der Waals surface area contributed by atoms with Crippen LogP contribution in [-0.2, 0) is 5.54 Å². The summed E-state index contributed by atoms with van der Waals surface area (Å²) in [5.41, 5.74) is 7.77. The maximum absolute atomic E-state index is 5.77. The number of aromatic nitrogens is 1. The number of amidine groups is 1. The molecule has 1 atom stereocenters. The van der Waals surface area contributed by atoms with Gasteiger partial charge >= 0.3 is 0 Å². The van der Waals surface area contributed by atoms with Gasteiger partial charge in [0.05, 0.1) is 5.69 Å². The molecule has 2 rings (SSSR count). The van der Waals surface area contributed by atoms with Gasteiger partial charge in [-0.1, -0.05) is 11.8 Å². The molecule has 4 heteroatoms. The van der Waals surface area contributed by atoms with Crippen LogP contribution in [0.2, 0.25) is 0 Å². The lowest BCUT2D eigenvalue weighted by molar-refractivity contribution is 0.466. The molecule has 1 aliphatic rings. The van der Waals surface area contributed by atoms with E-state index in [1.54, 1.807) is 11.8 Å². The zero-order chi connectivity index (χ0) is 10.9. The standard InChI is InChI=1S/C11H15N3S/c1-8-3-5-13-9(7-8)11(2)4-6-15-10(12)14-11/h3,5,7H,4,6H2,1-2H3,(H2,12,14)/t11-/m0/s1. The summed E-state index contributed by atoms with van der Waals surface area (Å²) in [7, 11) is 0. The summed E-state index contributed by atoms with van der Waals surface area (Å²) in [6, 6.07) is 4.09. The molecule has 0 fully saturated rings. The number of rotatable bonds is 1. The molecule has 1 aromatic heterocycles. The van der Waals surface area contributed by atoms with Crippen molar-refractivity contribution in [2.75, 3.05) is 5.75 Å². The minimum Gasteiger partial charge on any atom is -0.379 e.